The largest absolute Gasteiger partial charge is 0.465 e. The lowest BCUT2D eigenvalue weighted by atomic mass is 9.90. The van der Waals surface area contributed by atoms with E-state index in [1.807, 2.05) is 19.2 Å². The second-order valence-corrected chi connectivity index (χ2v) is 3.68. The van der Waals surface area contributed by atoms with E-state index in [1.165, 1.54) is 0 Å². The number of nitrogens with one attached hydrogen (secondary N) is 1. The van der Waals surface area contributed by atoms with E-state index in [0.29, 0.717) is 0 Å². The minimum absolute atomic E-state index is 0.0694. The Morgan fingerprint density at radius 1 is 1.32 bits per heavy atom. The van der Waals surface area contributed by atoms with E-state index >= 15 is 0 Å². The van der Waals surface area contributed by atoms with Crippen LogP contribution in [0.15, 0.2) is 0 Å². The van der Waals surface area contributed by atoms with Gasteiger partial charge in [-0.1, -0.05) is 19.8 Å². The third kappa shape index (κ3) is 25.9. The van der Waals surface area contributed by atoms with Gasteiger partial charge in [0.25, 0.3) is 0 Å². The highest BCUT2D eigenvalue weighted by Crippen LogP contribution is 2.17. The van der Waals surface area contributed by atoms with Gasteiger partial charge >= 0.3 is 12.2 Å². The van der Waals surface area contributed by atoms with Gasteiger partial charge in [-0.3, -0.25) is 0 Å². The van der Waals surface area contributed by atoms with E-state index in [9.17, 15) is 4.79 Å². The number of carboxylic acid groups (broad SMARTS) is 2. The topological polar surface area (TPSA) is 153 Å². The molecule has 2 amide bonds. The van der Waals surface area contributed by atoms with Crippen molar-refractivity contribution in [3.8, 4) is 12.3 Å². The van der Waals surface area contributed by atoms with Crippen LogP contribution < -0.4 is 11.1 Å². The van der Waals surface area contributed by atoms with Crippen LogP contribution in [0.1, 0.15) is 20.3 Å². The van der Waals surface area contributed by atoms with Crippen LogP contribution in [-0.4, -0.2) is 52.4 Å². The number of hydrogen-bond donors (Lipinski definition) is 6. The summed E-state index contributed by atoms with van der Waals surface area (Å²) in [6, 6.07) is 0. The van der Waals surface area contributed by atoms with Crippen molar-refractivity contribution >= 4 is 12.2 Å². The number of hydrogen-bond acceptors (Lipinski definition) is 4. The molecule has 8 nitrogen and oxygen atoms in total. The number of aliphatic hydroxyl groups is 2. The van der Waals surface area contributed by atoms with Crippen molar-refractivity contribution in [1.82, 2.24) is 5.32 Å². The minimum atomic E-state index is -1.33. The molecule has 0 saturated carbocycles. The molecular weight excluding hydrogens is 256 g/mol. The molecular formula is C11H22N2O6. The molecule has 0 aliphatic carbocycles. The van der Waals surface area contributed by atoms with Crippen molar-refractivity contribution in [3.05, 3.63) is 0 Å². The summed E-state index contributed by atoms with van der Waals surface area (Å²) < 4.78 is 0. The molecule has 112 valence electrons. The van der Waals surface area contributed by atoms with Crippen molar-refractivity contribution in [1.29, 1.82) is 0 Å². The first-order valence-electron chi connectivity index (χ1n) is 5.29. The maximum atomic E-state index is 9.55. The van der Waals surface area contributed by atoms with E-state index in [4.69, 9.17) is 31.6 Å². The highest BCUT2D eigenvalue weighted by molar-refractivity contribution is 5.64. The molecule has 0 aliphatic rings. The first-order chi connectivity index (χ1) is 8.68. The molecule has 0 rings (SSSR count). The normalized spacial score (nSPS) is 8.79. The summed E-state index contributed by atoms with van der Waals surface area (Å²) in [7, 11) is 0. The van der Waals surface area contributed by atoms with Crippen LogP contribution in [-0.2, 0) is 0 Å². The summed E-state index contributed by atoms with van der Waals surface area (Å²) in [6.07, 6.45) is 3.10. The van der Waals surface area contributed by atoms with Gasteiger partial charge in [-0.25, -0.2) is 9.59 Å². The van der Waals surface area contributed by atoms with Crippen LogP contribution in [0.4, 0.5) is 9.59 Å². The number of terminal acetylenes is 1. The lowest BCUT2D eigenvalue weighted by Crippen LogP contribution is -2.24. The van der Waals surface area contributed by atoms with E-state index < -0.39 is 12.2 Å². The van der Waals surface area contributed by atoms with E-state index in [-0.39, 0.29) is 25.2 Å². The second-order valence-electron chi connectivity index (χ2n) is 3.68. The fourth-order valence-corrected chi connectivity index (χ4v) is 0.400. The Bertz CT molecular complexity index is 271. The van der Waals surface area contributed by atoms with Crippen molar-refractivity contribution in [2.24, 2.45) is 11.1 Å². The fraction of sp³-hybridized carbons (Fsp3) is 0.636. The third-order valence-electron chi connectivity index (χ3n) is 1.96. The van der Waals surface area contributed by atoms with Gasteiger partial charge in [0.1, 0.15) is 0 Å². The van der Waals surface area contributed by atoms with Crippen LogP contribution in [0.5, 0.6) is 0 Å². The van der Waals surface area contributed by atoms with Gasteiger partial charge in [0, 0.05) is 5.41 Å². The summed E-state index contributed by atoms with van der Waals surface area (Å²) in [4.78, 5) is 18.3. The van der Waals surface area contributed by atoms with Crippen LogP contribution >= 0.6 is 0 Å². The summed E-state index contributed by atoms with van der Waals surface area (Å²) in [5.74, 6) is 2.11. The highest BCUT2D eigenvalue weighted by atomic mass is 16.4. The summed E-state index contributed by atoms with van der Waals surface area (Å²) >= 11 is 0. The molecule has 0 saturated heterocycles. The number of amides is 2. The van der Waals surface area contributed by atoms with Crippen molar-refractivity contribution in [2.75, 3.05) is 19.8 Å². The van der Waals surface area contributed by atoms with Gasteiger partial charge < -0.3 is 31.5 Å². The zero-order chi connectivity index (χ0) is 15.9. The van der Waals surface area contributed by atoms with Crippen LogP contribution in [0.25, 0.3) is 0 Å². The molecule has 0 unspecified atom stereocenters. The Morgan fingerprint density at radius 2 is 1.68 bits per heavy atom. The molecule has 0 aromatic carbocycles. The molecule has 0 aliphatic heterocycles. The third-order valence-corrected chi connectivity index (χ3v) is 1.96. The Kier molecular flexibility index (Phi) is 16.5. The molecule has 0 aromatic heterocycles. The van der Waals surface area contributed by atoms with E-state index in [0.717, 1.165) is 6.42 Å². The standard InChI is InChI=1S/C6H14O2.C4H5NO2.CH3NO2/c1-3-6(2,4-7)5-8;1-2-3-5-4(6)7;2-1(3)4/h7-8H,3-5H2,1-2H3;1,5H,3H2,(H,6,7);2H2,(H,3,4). The zero-order valence-corrected chi connectivity index (χ0v) is 11.1. The number of carbonyl (C=O) groups is 2. The van der Waals surface area contributed by atoms with E-state index in [1.54, 1.807) is 0 Å². The number of rotatable bonds is 4. The Hall–Kier alpha value is -1.98. The Balaban J connectivity index is -0.000000214. The van der Waals surface area contributed by atoms with Gasteiger partial charge in [-0.15, -0.1) is 6.42 Å². The Morgan fingerprint density at radius 3 is 1.74 bits per heavy atom. The van der Waals surface area contributed by atoms with Gasteiger partial charge in [0.05, 0.1) is 19.8 Å². The SMILES string of the molecule is C#CCNC(=O)O.CCC(C)(CO)CO.NC(=O)O. The van der Waals surface area contributed by atoms with Crippen molar-refractivity contribution in [2.45, 2.75) is 20.3 Å². The Labute approximate surface area is 112 Å². The fourth-order valence-electron chi connectivity index (χ4n) is 0.400. The average molecular weight is 278 g/mol. The predicted molar refractivity (Wildman–Crippen MR) is 69.6 cm³/mol. The molecule has 0 bridgehead atoms. The molecule has 0 radical (unpaired) electrons. The maximum Gasteiger partial charge on any atom is 0.405 e. The summed E-state index contributed by atoms with van der Waals surface area (Å²) in [5.41, 5.74) is 3.76. The van der Waals surface area contributed by atoms with Crippen LogP contribution in [0.3, 0.4) is 0 Å². The number of primary amides is 1. The van der Waals surface area contributed by atoms with Crippen molar-refractivity contribution in [3.63, 3.8) is 0 Å². The smallest absolute Gasteiger partial charge is 0.405 e. The number of aliphatic hydroxyl groups excluding tert-OH is 2. The van der Waals surface area contributed by atoms with Gasteiger partial charge in [0.2, 0.25) is 0 Å². The van der Waals surface area contributed by atoms with E-state index in [2.05, 4.69) is 11.7 Å². The predicted octanol–water partition coefficient (Wildman–Crippen LogP) is -0.102. The second kappa shape index (κ2) is 14.1. The summed E-state index contributed by atoms with van der Waals surface area (Å²) in [6.45, 7) is 4.02. The van der Waals surface area contributed by atoms with Crippen molar-refractivity contribution < 1.29 is 30.0 Å². The lowest BCUT2D eigenvalue weighted by molar-refractivity contribution is 0.0670. The molecule has 0 spiro atoms. The molecule has 8 heteroatoms. The van der Waals surface area contributed by atoms with Crippen LogP contribution in [0, 0.1) is 17.8 Å². The lowest BCUT2D eigenvalue weighted by Gasteiger charge is -2.21. The summed E-state index contributed by atoms with van der Waals surface area (Å²) in [5, 5.41) is 34.3. The zero-order valence-electron chi connectivity index (χ0n) is 11.1. The first-order valence-corrected chi connectivity index (χ1v) is 5.29. The maximum absolute atomic E-state index is 9.55. The van der Waals surface area contributed by atoms with Gasteiger partial charge in [0.15, 0.2) is 0 Å². The van der Waals surface area contributed by atoms with Gasteiger partial charge in [-0.05, 0) is 6.42 Å². The highest BCUT2D eigenvalue weighted by Gasteiger charge is 2.18. The molecule has 0 aromatic rings. The minimum Gasteiger partial charge on any atom is -0.465 e. The number of nitrogens with two attached hydrogens (primary N) is 1. The quantitative estimate of drug-likeness (QED) is 0.395. The first kappa shape index (κ1) is 22.2. The molecule has 0 heterocycles. The van der Waals surface area contributed by atoms with Gasteiger partial charge in [-0.2, -0.15) is 0 Å². The average Bonchev–Trinajstić information content (AvgIpc) is 2.35. The molecule has 0 atom stereocenters. The molecule has 19 heavy (non-hydrogen) atoms. The van der Waals surface area contributed by atoms with Crippen LogP contribution in [0.2, 0.25) is 0 Å². The monoisotopic (exact) mass is 278 g/mol. The molecule has 0 fully saturated rings. The molecule has 7 N–H and O–H groups in total.